The van der Waals surface area contributed by atoms with Gasteiger partial charge in [-0.05, 0) is 82.4 Å². The Bertz CT molecular complexity index is 1180. The molecule has 1 saturated carbocycles. The fourth-order valence-electron chi connectivity index (χ4n) is 5.80. The molecule has 1 aromatic carbocycles. The Morgan fingerprint density at radius 2 is 1.68 bits per heavy atom. The number of hydrogen-bond donors (Lipinski definition) is 1. The number of piperidine rings is 1. The highest BCUT2D eigenvalue weighted by molar-refractivity contribution is 5.94. The molecule has 2 atom stereocenters. The first kappa shape index (κ1) is 29.8. The lowest BCUT2D eigenvalue weighted by Gasteiger charge is -2.35. The Kier molecular flexibility index (Phi) is 9.33. The van der Waals surface area contributed by atoms with Crippen LogP contribution in [0, 0.1) is 11.8 Å². The molecule has 1 N–H and O–H groups in total. The fourth-order valence-corrected chi connectivity index (χ4v) is 5.80. The molecule has 2 aliphatic rings. The van der Waals surface area contributed by atoms with Gasteiger partial charge in [0.2, 0.25) is 11.9 Å². The van der Waals surface area contributed by atoms with Crippen molar-refractivity contribution in [2.24, 2.45) is 11.8 Å². The molecule has 2 heterocycles. The zero-order valence-electron chi connectivity index (χ0n) is 23.7. The van der Waals surface area contributed by atoms with Gasteiger partial charge in [-0.15, -0.1) is 0 Å². The molecular weight excluding hydrogens is 521 g/mol. The molecule has 218 valence electrons. The summed E-state index contributed by atoms with van der Waals surface area (Å²) in [4.78, 5) is 39.5. The molecule has 2 aromatic rings. The Morgan fingerprint density at radius 3 is 2.30 bits per heavy atom. The van der Waals surface area contributed by atoms with Crippen LogP contribution in [-0.2, 0) is 17.4 Å². The monoisotopic (exact) mass is 560 g/mol. The van der Waals surface area contributed by atoms with Crippen LogP contribution in [0.3, 0.4) is 0 Å². The van der Waals surface area contributed by atoms with Crippen molar-refractivity contribution in [1.82, 2.24) is 24.7 Å². The van der Waals surface area contributed by atoms with Crippen molar-refractivity contribution in [2.75, 3.05) is 46.6 Å². The van der Waals surface area contributed by atoms with Crippen LogP contribution in [0.2, 0.25) is 0 Å². The van der Waals surface area contributed by atoms with Crippen molar-refractivity contribution in [1.29, 1.82) is 0 Å². The Labute approximate surface area is 233 Å². The number of anilines is 2. The van der Waals surface area contributed by atoms with E-state index in [1.165, 1.54) is 4.90 Å². The normalized spacial score (nSPS) is 20.7. The lowest BCUT2D eigenvalue weighted by Crippen LogP contribution is -2.44. The largest absolute Gasteiger partial charge is 0.419 e. The molecule has 2 fully saturated rings. The van der Waals surface area contributed by atoms with Crippen LogP contribution in [0.5, 0.6) is 0 Å². The number of likely N-dealkylation sites (tertiary alicyclic amines) is 1. The average molecular weight is 561 g/mol. The van der Waals surface area contributed by atoms with Crippen molar-refractivity contribution in [2.45, 2.75) is 57.2 Å². The maximum Gasteiger partial charge on any atom is 0.419 e. The predicted molar refractivity (Wildman–Crippen MR) is 147 cm³/mol. The van der Waals surface area contributed by atoms with Crippen molar-refractivity contribution >= 4 is 23.5 Å². The number of halogens is 3. The van der Waals surface area contributed by atoms with E-state index in [2.05, 4.69) is 27.2 Å². The molecular formula is C29H39F3N6O2. The van der Waals surface area contributed by atoms with Gasteiger partial charge in [-0.3, -0.25) is 9.59 Å². The molecule has 40 heavy (non-hydrogen) atoms. The summed E-state index contributed by atoms with van der Waals surface area (Å²) in [6, 6.07) is 6.98. The minimum absolute atomic E-state index is 0.0387. The number of rotatable bonds is 7. The number of nitrogens with one attached hydrogen (secondary N) is 1. The Balaban J connectivity index is 1.49. The van der Waals surface area contributed by atoms with E-state index in [-0.39, 0.29) is 47.8 Å². The number of benzene rings is 1. The van der Waals surface area contributed by atoms with Gasteiger partial charge in [0.1, 0.15) is 0 Å². The third kappa shape index (κ3) is 7.10. The molecule has 0 bridgehead atoms. The molecule has 1 aliphatic carbocycles. The summed E-state index contributed by atoms with van der Waals surface area (Å²) in [5.74, 6) is -0.629. The topological polar surface area (TPSA) is 81.7 Å². The third-order valence-electron chi connectivity index (χ3n) is 8.24. The summed E-state index contributed by atoms with van der Waals surface area (Å²) in [6.45, 7) is 1.90. The second-order valence-corrected chi connectivity index (χ2v) is 11.3. The maximum absolute atomic E-state index is 13.9. The molecule has 8 nitrogen and oxygen atoms in total. The van der Waals surface area contributed by atoms with Crippen LogP contribution in [0.1, 0.15) is 60.1 Å². The van der Waals surface area contributed by atoms with E-state index >= 15 is 0 Å². The summed E-state index contributed by atoms with van der Waals surface area (Å²) < 4.78 is 41.6. The first-order valence-electron chi connectivity index (χ1n) is 13.9. The van der Waals surface area contributed by atoms with Gasteiger partial charge in [0.25, 0.3) is 5.91 Å². The quantitative estimate of drug-likeness (QED) is 0.522. The van der Waals surface area contributed by atoms with Gasteiger partial charge in [-0.2, -0.15) is 13.2 Å². The van der Waals surface area contributed by atoms with Crippen molar-refractivity contribution in [3.63, 3.8) is 0 Å². The molecule has 0 radical (unpaired) electrons. The minimum Gasteiger partial charge on any atom is -0.349 e. The highest BCUT2D eigenvalue weighted by Crippen LogP contribution is 2.37. The van der Waals surface area contributed by atoms with Crippen LogP contribution in [0.15, 0.2) is 30.5 Å². The minimum atomic E-state index is -4.61. The first-order valence-corrected chi connectivity index (χ1v) is 13.9. The predicted octanol–water partition coefficient (Wildman–Crippen LogP) is 4.84. The number of hydrogen-bond acceptors (Lipinski definition) is 6. The highest BCUT2D eigenvalue weighted by atomic mass is 19.4. The standard InChI is InChI=1S/C29H39F3N6O2/c1-36(2)27(40)23-8-6-5-7-20(23)17-25-24(29(30,31)32)18-33-28(35-25)34-21-11-9-19(10-12-21)26(39)38(4)22-13-15-37(3)16-14-22/h9-12,18,20,22-23H,5-8,13-17H2,1-4H3,(H,33,34,35)/t20-,23-/m0/s1. The number of carbonyl (C=O) groups is 2. The van der Waals surface area contributed by atoms with E-state index in [9.17, 15) is 22.8 Å². The van der Waals surface area contributed by atoms with Gasteiger partial charge < -0.3 is 20.0 Å². The number of amides is 2. The molecule has 1 saturated heterocycles. The summed E-state index contributed by atoms with van der Waals surface area (Å²) >= 11 is 0. The van der Waals surface area contributed by atoms with E-state index < -0.39 is 11.7 Å². The Morgan fingerprint density at radius 1 is 1.02 bits per heavy atom. The molecule has 2 amide bonds. The molecule has 1 aliphatic heterocycles. The second kappa shape index (κ2) is 12.5. The van der Waals surface area contributed by atoms with Gasteiger partial charge in [-0.1, -0.05) is 12.8 Å². The van der Waals surface area contributed by atoms with Crippen molar-refractivity contribution < 1.29 is 22.8 Å². The summed E-state index contributed by atoms with van der Waals surface area (Å²) in [5.41, 5.74) is 0.106. The van der Waals surface area contributed by atoms with Gasteiger partial charge >= 0.3 is 6.18 Å². The van der Waals surface area contributed by atoms with E-state index in [0.717, 1.165) is 45.0 Å². The van der Waals surface area contributed by atoms with Gasteiger partial charge in [0.15, 0.2) is 0 Å². The highest BCUT2D eigenvalue weighted by Gasteiger charge is 2.38. The molecule has 4 rings (SSSR count). The maximum atomic E-state index is 13.9. The lowest BCUT2D eigenvalue weighted by atomic mass is 9.76. The van der Waals surface area contributed by atoms with Crippen LogP contribution < -0.4 is 5.32 Å². The average Bonchev–Trinajstić information content (AvgIpc) is 2.92. The van der Waals surface area contributed by atoms with Gasteiger partial charge in [0.05, 0.1) is 11.3 Å². The summed E-state index contributed by atoms with van der Waals surface area (Å²) in [7, 11) is 7.25. The fraction of sp³-hybridized carbons (Fsp3) is 0.586. The number of aromatic nitrogens is 2. The SMILES string of the molecule is CN1CCC(N(C)C(=O)c2ccc(Nc3ncc(C(F)(F)F)c(C[C@@H]4CCCC[C@@H]4C(=O)N(C)C)n3)cc2)CC1. The lowest BCUT2D eigenvalue weighted by molar-refractivity contribution is -0.139. The van der Waals surface area contributed by atoms with E-state index in [4.69, 9.17) is 0 Å². The summed E-state index contributed by atoms with van der Waals surface area (Å²) in [6.07, 6.45) is 1.21. The first-order chi connectivity index (χ1) is 18.9. The van der Waals surface area contributed by atoms with Crippen LogP contribution >= 0.6 is 0 Å². The van der Waals surface area contributed by atoms with Crippen LogP contribution in [0.25, 0.3) is 0 Å². The third-order valence-corrected chi connectivity index (χ3v) is 8.24. The van der Waals surface area contributed by atoms with Crippen molar-refractivity contribution in [3.05, 3.63) is 47.3 Å². The van der Waals surface area contributed by atoms with Gasteiger partial charge in [-0.25, -0.2) is 9.97 Å². The molecule has 0 unspecified atom stereocenters. The Hall–Kier alpha value is -3.21. The summed E-state index contributed by atoms with van der Waals surface area (Å²) in [5, 5.41) is 2.98. The van der Waals surface area contributed by atoms with Gasteiger partial charge in [0, 0.05) is 50.6 Å². The number of carbonyl (C=O) groups excluding carboxylic acids is 2. The van der Waals surface area contributed by atoms with E-state index in [1.54, 1.807) is 43.3 Å². The van der Waals surface area contributed by atoms with E-state index in [1.807, 2.05) is 7.05 Å². The van der Waals surface area contributed by atoms with Crippen LogP contribution in [0.4, 0.5) is 24.8 Å². The second-order valence-electron chi connectivity index (χ2n) is 11.3. The smallest absolute Gasteiger partial charge is 0.349 e. The zero-order chi connectivity index (χ0) is 29.0. The van der Waals surface area contributed by atoms with E-state index in [0.29, 0.717) is 24.1 Å². The zero-order valence-corrected chi connectivity index (χ0v) is 23.7. The number of nitrogens with zero attached hydrogens (tertiary/aromatic N) is 5. The van der Waals surface area contributed by atoms with Crippen LogP contribution in [-0.4, -0.2) is 83.8 Å². The molecule has 11 heteroatoms. The number of alkyl halides is 3. The molecule has 0 spiro atoms. The molecule has 1 aromatic heterocycles. The van der Waals surface area contributed by atoms with Crippen molar-refractivity contribution in [3.8, 4) is 0 Å².